The number of ether oxygens (including phenoxy) is 1. The smallest absolute Gasteiger partial charge is 0.351 e. The number of rotatable bonds is 4. The fraction of sp³-hybridized carbons (Fsp3) is 0.143. The maximum Gasteiger partial charge on any atom is 0.351 e. The summed E-state index contributed by atoms with van der Waals surface area (Å²) in [4.78, 5) is 24.5. The lowest BCUT2D eigenvalue weighted by molar-refractivity contribution is 0.0275. The van der Waals surface area contributed by atoms with E-state index in [1.165, 1.54) is 6.07 Å². The molecule has 1 atom stereocenters. The van der Waals surface area contributed by atoms with E-state index in [1.54, 1.807) is 31.2 Å². The van der Waals surface area contributed by atoms with Gasteiger partial charge in [0.15, 0.2) is 6.10 Å². The molecule has 0 aliphatic carbocycles. The summed E-state index contributed by atoms with van der Waals surface area (Å²) in [6.45, 7) is 3.57. The molecule has 0 fully saturated rings. The van der Waals surface area contributed by atoms with E-state index in [0.29, 0.717) is 16.9 Å². The van der Waals surface area contributed by atoms with Crippen LogP contribution in [0.1, 0.15) is 34.8 Å². The van der Waals surface area contributed by atoms with Crippen molar-refractivity contribution in [3.8, 4) is 11.5 Å². The van der Waals surface area contributed by atoms with E-state index in [4.69, 9.17) is 13.6 Å². The number of hydrogen-bond acceptors (Lipinski definition) is 7. The largest absolute Gasteiger partial charge is 0.449 e. The van der Waals surface area contributed by atoms with E-state index in [0.717, 1.165) is 11.1 Å². The molecule has 0 bridgehead atoms. The molecule has 2 heterocycles. The topological polar surface area (TPSA) is 95.4 Å². The fourth-order valence-corrected chi connectivity index (χ4v) is 2.69. The normalized spacial score (nSPS) is 12.1. The molecule has 0 aliphatic rings. The molecule has 140 valence electrons. The number of para-hydroxylation sites is 1. The molecule has 4 rings (SSSR count). The van der Waals surface area contributed by atoms with Crippen LogP contribution in [0.15, 0.2) is 68.2 Å². The second-order valence-electron chi connectivity index (χ2n) is 6.34. The number of esters is 1. The van der Waals surface area contributed by atoms with Gasteiger partial charge in [-0.3, -0.25) is 0 Å². The van der Waals surface area contributed by atoms with Gasteiger partial charge < -0.3 is 13.6 Å². The number of carbonyl (C=O) groups is 1. The number of hydrogen-bond donors (Lipinski definition) is 0. The van der Waals surface area contributed by atoms with Crippen molar-refractivity contribution in [3.63, 3.8) is 0 Å². The summed E-state index contributed by atoms with van der Waals surface area (Å²) in [7, 11) is 0. The van der Waals surface area contributed by atoms with Crippen LogP contribution in [0.25, 0.3) is 22.4 Å². The van der Waals surface area contributed by atoms with Crippen molar-refractivity contribution < 1.29 is 18.4 Å². The monoisotopic (exact) mass is 376 g/mol. The maximum absolute atomic E-state index is 12.4. The van der Waals surface area contributed by atoms with Crippen LogP contribution in [-0.2, 0) is 4.74 Å². The van der Waals surface area contributed by atoms with E-state index < -0.39 is 17.7 Å². The van der Waals surface area contributed by atoms with Gasteiger partial charge in [-0.2, -0.15) is 0 Å². The minimum atomic E-state index is -0.829. The molecule has 0 amide bonds. The fourth-order valence-electron chi connectivity index (χ4n) is 2.69. The molecule has 7 heteroatoms. The number of nitrogens with zero attached hydrogens (tertiary/aromatic N) is 2. The lowest BCUT2D eigenvalue weighted by Crippen LogP contribution is -2.18. The lowest BCUT2D eigenvalue weighted by Gasteiger charge is -2.09. The van der Waals surface area contributed by atoms with Crippen LogP contribution in [0.2, 0.25) is 0 Å². The Morgan fingerprint density at radius 1 is 1.04 bits per heavy atom. The van der Waals surface area contributed by atoms with Crippen molar-refractivity contribution in [2.75, 3.05) is 0 Å². The highest BCUT2D eigenvalue weighted by atomic mass is 16.6. The Bertz CT molecular complexity index is 1210. The van der Waals surface area contributed by atoms with Gasteiger partial charge in [-0.25, -0.2) is 9.59 Å². The second kappa shape index (κ2) is 7.11. The van der Waals surface area contributed by atoms with Crippen LogP contribution in [0.3, 0.4) is 0 Å². The third-order valence-electron chi connectivity index (χ3n) is 4.23. The van der Waals surface area contributed by atoms with E-state index >= 15 is 0 Å². The molecule has 2 aromatic heterocycles. The molecule has 4 aromatic rings. The maximum atomic E-state index is 12.4. The predicted molar refractivity (Wildman–Crippen MR) is 101 cm³/mol. The average Bonchev–Trinajstić information content (AvgIpc) is 3.18. The zero-order chi connectivity index (χ0) is 19.7. The first kappa shape index (κ1) is 17.7. The highest BCUT2D eigenvalue weighted by molar-refractivity contribution is 5.92. The summed E-state index contributed by atoms with van der Waals surface area (Å²) in [5.74, 6) is -0.362. The Kier molecular flexibility index (Phi) is 4.49. The van der Waals surface area contributed by atoms with Crippen molar-refractivity contribution in [2.24, 2.45) is 0 Å². The van der Waals surface area contributed by atoms with Gasteiger partial charge in [-0.05, 0) is 38.1 Å². The molecule has 0 N–H and O–H groups in total. The van der Waals surface area contributed by atoms with Crippen molar-refractivity contribution in [1.82, 2.24) is 10.2 Å². The molecule has 2 aromatic carbocycles. The quantitative estimate of drug-likeness (QED) is 0.391. The van der Waals surface area contributed by atoms with Crippen molar-refractivity contribution in [2.45, 2.75) is 20.0 Å². The molecule has 0 spiro atoms. The Labute approximate surface area is 159 Å². The van der Waals surface area contributed by atoms with E-state index in [2.05, 4.69) is 10.2 Å². The van der Waals surface area contributed by atoms with Gasteiger partial charge in [0.05, 0.1) is 0 Å². The molecule has 0 aliphatic heterocycles. The standard InChI is InChI=1S/C21H16N2O5/c1-12-7-9-14(10-8-12)19-23-22-18(28-19)13(2)26-20(24)16-11-15-5-3-4-6-17(15)27-21(16)25/h3-11,13H,1-2H3/t13-/m1/s1. The molecule has 28 heavy (non-hydrogen) atoms. The zero-order valence-corrected chi connectivity index (χ0v) is 15.2. The molecule has 7 nitrogen and oxygen atoms in total. The van der Waals surface area contributed by atoms with Gasteiger partial charge in [0, 0.05) is 10.9 Å². The number of carbonyl (C=O) groups excluding carboxylic acids is 1. The molecule has 0 saturated carbocycles. The summed E-state index contributed by atoms with van der Waals surface area (Å²) in [5, 5.41) is 8.55. The van der Waals surface area contributed by atoms with Crippen molar-refractivity contribution >= 4 is 16.9 Å². The Morgan fingerprint density at radius 3 is 2.57 bits per heavy atom. The Balaban J connectivity index is 1.54. The minimum absolute atomic E-state index is 0.133. The zero-order valence-electron chi connectivity index (χ0n) is 15.2. The molecular formula is C21H16N2O5. The summed E-state index contributed by atoms with van der Waals surface area (Å²) < 4.78 is 16.1. The number of aromatic nitrogens is 2. The number of fused-ring (bicyclic) bond motifs is 1. The first-order valence-electron chi connectivity index (χ1n) is 8.65. The third-order valence-corrected chi connectivity index (χ3v) is 4.23. The van der Waals surface area contributed by atoms with Crippen molar-refractivity contribution in [1.29, 1.82) is 0 Å². The highest BCUT2D eigenvalue weighted by Crippen LogP contribution is 2.23. The molecule has 0 unspecified atom stereocenters. The first-order chi connectivity index (χ1) is 13.5. The van der Waals surface area contributed by atoms with Gasteiger partial charge >= 0.3 is 11.6 Å². The molecule has 0 radical (unpaired) electrons. The first-order valence-corrected chi connectivity index (χ1v) is 8.65. The van der Waals surface area contributed by atoms with Gasteiger partial charge in [0.2, 0.25) is 5.89 Å². The SMILES string of the molecule is Cc1ccc(-c2nnc([C@@H](C)OC(=O)c3cc4ccccc4oc3=O)o2)cc1. The molecular weight excluding hydrogens is 360 g/mol. The third kappa shape index (κ3) is 3.42. The van der Waals surface area contributed by atoms with E-state index in [9.17, 15) is 9.59 Å². The molecule has 0 saturated heterocycles. The summed E-state index contributed by atoms with van der Waals surface area (Å²) in [5.41, 5.74) is 1.32. The van der Waals surface area contributed by atoms with Crippen LogP contribution in [0, 0.1) is 6.92 Å². The van der Waals surface area contributed by atoms with Gasteiger partial charge in [-0.1, -0.05) is 35.9 Å². The number of benzene rings is 2. The van der Waals surface area contributed by atoms with Gasteiger partial charge in [0.25, 0.3) is 5.89 Å². The second-order valence-corrected chi connectivity index (χ2v) is 6.34. The van der Waals surface area contributed by atoms with E-state index in [1.807, 2.05) is 31.2 Å². The van der Waals surface area contributed by atoms with Crippen LogP contribution in [-0.4, -0.2) is 16.2 Å². The summed E-state index contributed by atoms with van der Waals surface area (Å²) >= 11 is 0. The van der Waals surface area contributed by atoms with Crippen LogP contribution in [0.5, 0.6) is 0 Å². The predicted octanol–water partition coefficient (Wildman–Crippen LogP) is 4.07. The van der Waals surface area contributed by atoms with Gasteiger partial charge in [-0.15, -0.1) is 10.2 Å². The minimum Gasteiger partial charge on any atom is -0.449 e. The Hall–Kier alpha value is -3.74. The van der Waals surface area contributed by atoms with Crippen LogP contribution in [0.4, 0.5) is 0 Å². The lowest BCUT2D eigenvalue weighted by atomic mass is 10.1. The highest BCUT2D eigenvalue weighted by Gasteiger charge is 2.22. The van der Waals surface area contributed by atoms with Crippen LogP contribution >= 0.6 is 0 Å². The summed E-state index contributed by atoms with van der Waals surface area (Å²) in [6, 6.07) is 16.0. The van der Waals surface area contributed by atoms with E-state index in [-0.39, 0.29) is 11.5 Å². The number of aryl methyl sites for hydroxylation is 1. The van der Waals surface area contributed by atoms with Gasteiger partial charge in [0.1, 0.15) is 11.1 Å². The van der Waals surface area contributed by atoms with Crippen LogP contribution < -0.4 is 5.63 Å². The Morgan fingerprint density at radius 2 is 1.79 bits per heavy atom. The summed E-state index contributed by atoms with van der Waals surface area (Å²) in [6.07, 6.45) is -0.829. The average molecular weight is 376 g/mol. The van der Waals surface area contributed by atoms with Crippen molar-refractivity contribution in [3.05, 3.63) is 82.0 Å².